The van der Waals surface area contributed by atoms with Gasteiger partial charge in [0.25, 0.3) is 0 Å². The third-order valence-corrected chi connectivity index (χ3v) is 5.18. The number of nitrogens with two attached hydrogens (primary N) is 1. The standard InChI is InChI=1S/C18H30N2/c1-4-16-10-8-12-18(13-16,14-19)20(5-2)17-11-7-6-9-15(17)3/h6-7,9,11,16H,4-5,8,10,12-14,19H2,1-3H3. The SMILES string of the molecule is CCC1CCCC(CN)(N(CC)c2ccccc2C)C1. The molecule has 0 saturated heterocycles. The van der Waals surface area contributed by atoms with E-state index in [0.29, 0.717) is 0 Å². The molecule has 112 valence electrons. The van der Waals surface area contributed by atoms with Gasteiger partial charge in [0.1, 0.15) is 0 Å². The smallest absolute Gasteiger partial charge is 0.0526 e. The van der Waals surface area contributed by atoms with Gasteiger partial charge in [-0.15, -0.1) is 0 Å². The molecule has 20 heavy (non-hydrogen) atoms. The van der Waals surface area contributed by atoms with Crippen LogP contribution >= 0.6 is 0 Å². The molecule has 1 fully saturated rings. The molecule has 2 heteroatoms. The molecular formula is C18H30N2. The Morgan fingerprint density at radius 2 is 2.05 bits per heavy atom. The van der Waals surface area contributed by atoms with Gasteiger partial charge in [0.2, 0.25) is 0 Å². The van der Waals surface area contributed by atoms with Crippen molar-refractivity contribution in [2.75, 3.05) is 18.0 Å². The number of aryl methyl sites for hydroxylation is 1. The summed E-state index contributed by atoms with van der Waals surface area (Å²) in [7, 11) is 0. The maximum Gasteiger partial charge on any atom is 0.0526 e. The summed E-state index contributed by atoms with van der Waals surface area (Å²) in [6.07, 6.45) is 6.47. The maximum absolute atomic E-state index is 6.28. The summed E-state index contributed by atoms with van der Waals surface area (Å²) in [5.74, 6) is 0.838. The highest BCUT2D eigenvalue weighted by Crippen LogP contribution is 2.40. The van der Waals surface area contributed by atoms with Crippen LogP contribution in [-0.2, 0) is 0 Å². The number of likely N-dealkylation sites (N-methyl/N-ethyl adjacent to an activating group) is 1. The minimum atomic E-state index is 0.166. The molecule has 0 bridgehead atoms. The van der Waals surface area contributed by atoms with Crippen LogP contribution in [0.25, 0.3) is 0 Å². The van der Waals surface area contributed by atoms with Gasteiger partial charge >= 0.3 is 0 Å². The fraction of sp³-hybridized carbons (Fsp3) is 0.667. The molecule has 0 spiro atoms. The molecule has 1 saturated carbocycles. The summed E-state index contributed by atoms with van der Waals surface area (Å²) in [5, 5.41) is 0. The Hall–Kier alpha value is -1.02. The van der Waals surface area contributed by atoms with Crippen molar-refractivity contribution in [1.82, 2.24) is 0 Å². The van der Waals surface area contributed by atoms with Crippen LogP contribution < -0.4 is 10.6 Å². The van der Waals surface area contributed by atoms with Gasteiger partial charge in [-0.3, -0.25) is 0 Å². The largest absolute Gasteiger partial charge is 0.365 e. The Morgan fingerprint density at radius 3 is 2.65 bits per heavy atom. The molecule has 1 aromatic rings. The molecule has 2 nitrogen and oxygen atoms in total. The van der Waals surface area contributed by atoms with Crippen molar-refractivity contribution in [3.05, 3.63) is 29.8 Å². The highest BCUT2D eigenvalue weighted by atomic mass is 15.2. The predicted molar refractivity (Wildman–Crippen MR) is 88.2 cm³/mol. The third-order valence-electron chi connectivity index (χ3n) is 5.18. The molecular weight excluding hydrogens is 244 g/mol. The van der Waals surface area contributed by atoms with Crippen molar-refractivity contribution >= 4 is 5.69 Å². The summed E-state index contributed by atoms with van der Waals surface area (Å²) < 4.78 is 0. The van der Waals surface area contributed by atoms with Crippen molar-refractivity contribution in [2.24, 2.45) is 11.7 Å². The Morgan fingerprint density at radius 1 is 1.30 bits per heavy atom. The minimum absolute atomic E-state index is 0.166. The molecule has 0 radical (unpaired) electrons. The Balaban J connectivity index is 2.34. The molecule has 2 N–H and O–H groups in total. The van der Waals surface area contributed by atoms with Gasteiger partial charge in [-0.1, -0.05) is 44.4 Å². The molecule has 2 rings (SSSR count). The van der Waals surface area contributed by atoms with Crippen molar-refractivity contribution in [3.8, 4) is 0 Å². The van der Waals surface area contributed by atoms with Crippen LogP contribution in [0, 0.1) is 12.8 Å². The highest BCUT2D eigenvalue weighted by Gasteiger charge is 2.39. The van der Waals surface area contributed by atoms with Crippen LogP contribution in [0.1, 0.15) is 51.5 Å². The lowest BCUT2D eigenvalue weighted by atomic mass is 9.73. The third kappa shape index (κ3) is 2.85. The number of hydrogen-bond donors (Lipinski definition) is 1. The summed E-state index contributed by atoms with van der Waals surface area (Å²) in [6, 6.07) is 8.74. The van der Waals surface area contributed by atoms with Gasteiger partial charge < -0.3 is 10.6 Å². The van der Waals surface area contributed by atoms with E-state index in [4.69, 9.17) is 5.73 Å². The average Bonchev–Trinajstić information content (AvgIpc) is 2.50. The molecule has 2 unspecified atom stereocenters. The minimum Gasteiger partial charge on any atom is -0.365 e. The van der Waals surface area contributed by atoms with Crippen molar-refractivity contribution in [1.29, 1.82) is 0 Å². The van der Waals surface area contributed by atoms with Crippen molar-refractivity contribution in [2.45, 2.75) is 58.4 Å². The molecule has 1 aliphatic rings. The van der Waals surface area contributed by atoms with Crippen LogP contribution in [0.15, 0.2) is 24.3 Å². The van der Waals surface area contributed by atoms with Crippen LogP contribution in [0.5, 0.6) is 0 Å². The molecule has 1 aliphatic carbocycles. The Bertz CT molecular complexity index is 429. The summed E-state index contributed by atoms with van der Waals surface area (Å²) in [5.41, 5.74) is 9.18. The van der Waals surface area contributed by atoms with Crippen LogP contribution in [0.4, 0.5) is 5.69 Å². The first kappa shape index (κ1) is 15.4. The fourth-order valence-corrected chi connectivity index (χ4v) is 3.98. The zero-order valence-corrected chi connectivity index (χ0v) is 13.4. The fourth-order valence-electron chi connectivity index (χ4n) is 3.98. The van der Waals surface area contributed by atoms with Crippen molar-refractivity contribution < 1.29 is 0 Å². The maximum atomic E-state index is 6.28. The topological polar surface area (TPSA) is 29.3 Å². The van der Waals surface area contributed by atoms with Gasteiger partial charge in [0, 0.05) is 18.8 Å². The van der Waals surface area contributed by atoms with Crippen LogP contribution in [0.2, 0.25) is 0 Å². The van der Waals surface area contributed by atoms with Crippen LogP contribution in [-0.4, -0.2) is 18.6 Å². The zero-order chi connectivity index (χ0) is 14.6. The number of nitrogens with zero attached hydrogens (tertiary/aromatic N) is 1. The van der Waals surface area contributed by atoms with Crippen molar-refractivity contribution in [3.63, 3.8) is 0 Å². The number of para-hydroxylation sites is 1. The van der Waals surface area contributed by atoms with Crippen LogP contribution in [0.3, 0.4) is 0 Å². The van der Waals surface area contributed by atoms with Gasteiger partial charge in [0.15, 0.2) is 0 Å². The second-order valence-electron chi connectivity index (χ2n) is 6.33. The van der Waals surface area contributed by atoms with Gasteiger partial charge in [-0.25, -0.2) is 0 Å². The van der Waals surface area contributed by atoms with E-state index < -0.39 is 0 Å². The molecule has 0 amide bonds. The number of anilines is 1. The molecule has 1 aromatic carbocycles. The number of benzene rings is 1. The summed E-state index contributed by atoms with van der Waals surface area (Å²) >= 11 is 0. The average molecular weight is 274 g/mol. The lowest BCUT2D eigenvalue weighted by molar-refractivity contribution is 0.213. The normalized spacial score (nSPS) is 26.5. The first-order valence-corrected chi connectivity index (χ1v) is 8.20. The van der Waals surface area contributed by atoms with E-state index >= 15 is 0 Å². The second-order valence-corrected chi connectivity index (χ2v) is 6.33. The number of hydrogen-bond acceptors (Lipinski definition) is 2. The number of rotatable bonds is 5. The van der Waals surface area contributed by atoms with E-state index in [1.807, 2.05) is 0 Å². The lowest BCUT2D eigenvalue weighted by Crippen LogP contribution is -2.57. The zero-order valence-electron chi connectivity index (χ0n) is 13.4. The first-order valence-electron chi connectivity index (χ1n) is 8.20. The molecule has 2 atom stereocenters. The predicted octanol–water partition coefficient (Wildman–Crippen LogP) is 4.12. The monoisotopic (exact) mass is 274 g/mol. The van der Waals surface area contributed by atoms with E-state index in [0.717, 1.165) is 19.0 Å². The van der Waals surface area contributed by atoms with Gasteiger partial charge in [-0.05, 0) is 44.2 Å². The molecule has 0 aliphatic heterocycles. The van der Waals surface area contributed by atoms with E-state index in [1.165, 1.54) is 43.4 Å². The Kier molecular flexibility index (Phi) is 5.09. The lowest BCUT2D eigenvalue weighted by Gasteiger charge is -2.49. The summed E-state index contributed by atoms with van der Waals surface area (Å²) in [4.78, 5) is 2.59. The first-order chi connectivity index (χ1) is 9.66. The van der Waals surface area contributed by atoms with E-state index in [2.05, 4.69) is 49.9 Å². The quantitative estimate of drug-likeness (QED) is 0.875. The summed E-state index contributed by atoms with van der Waals surface area (Å²) in [6.45, 7) is 8.60. The van der Waals surface area contributed by atoms with Gasteiger partial charge in [0.05, 0.1) is 5.54 Å². The van der Waals surface area contributed by atoms with E-state index in [9.17, 15) is 0 Å². The Labute approximate surface area is 124 Å². The molecule has 0 heterocycles. The van der Waals surface area contributed by atoms with E-state index in [1.54, 1.807) is 0 Å². The second kappa shape index (κ2) is 6.62. The highest BCUT2D eigenvalue weighted by molar-refractivity contribution is 5.55. The van der Waals surface area contributed by atoms with E-state index in [-0.39, 0.29) is 5.54 Å². The molecule has 0 aromatic heterocycles. The van der Waals surface area contributed by atoms with Gasteiger partial charge in [-0.2, -0.15) is 0 Å².